The summed E-state index contributed by atoms with van der Waals surface area (Å²) >= 11 is 1.48. The average Bonchev–Trinajstić information content (AvgIpc) is 2.84. The third kappa shape index (κ3) is 3.18. The fourth-order valence-corrected chi connectivity index (χ4v) is 2.37. The van der Waals surface area contributed by atoms with E-state index >= 15 is 0 Å². The van der Waals surface area contributed by atoms with Crippen LogP contribution in [-0.4, -0.2) is 25.5 Å². The molecule has 1 aromatic rings. The van der Waals surface area contributed by atoms with Crippen LogP contribution in [0.4, 0.5) is 0 Å². The molecule has 0 atom stereocenters. The van der Waals surface area contributed by atoms with Crippen LogP contribution >= 0.6 is 11.3 Å². The highest BCUT2D eigenvalue weighted by Gasteiger charge is 2.06. The molecular formula is C12H16N2OS. The number of hydrogen-bond donors (Lipinski definition) is 2. The number of carbonyl (C=O) groups excluding carboxylic acids is 1. The van der Waals surface area contributed by atoms with Crippen molar-refractivity contribution in [2.75, 3.05) is 19.6 Å². The van der Waals surface area contributed by atoms with E-state index < -0.39 is 0 Å². The van der Waals surface area contributed by atoms with Crippen molar-refractivity contribution in [3.8, 4) is 0 Å². The number of amides is 1. The van der Waals surface area contributed by atoms with Gasteiger partial charge < -0.3 is 10.6 Å². The lowest BCUT2D eigenvalue weighted by molar-refractivity contribution is 0.0958. The van der Waals surface area contributed by atoms with E-state index in [4.69, 9.17) is 0 Å². The maximum atomic E-state index is 11.6. The molecule has 2 N–H and O–H groups in total. The highest BCUT2D eigenvalue weighted by atomic mass is 32.1. The summed E-state index contributed by atoms with van der Waals surface area (Å²) in [5.74, 6) is 0.0459. The Morgan fingerprint density at radius 1 is 1.56 bits per heavy atom. The quantitative estimate of drug-likeness (QED) is 0.783. The van der Waals surface area contributed by atoms with E-state index in [-0.39, 0.29) is 5.91 Å². The summed E-state index contributed by atoms with van der Waals surface area (Å²) < 4.78 is 0. The van der Waals surface area contributed by atoms with Crippen molar-refractivity contribution in [3.63, 3.8) is 0 Å². The van der Waals surface area contributed by atoms with Crippen LogP contribution in [0.5, 0.6) is 0 Å². The van der Waals surface area contributed by atoms with Crippen LogP contribution in [0.2, 0.25) is 0 Å². The number of hydrogen-bond acceptors (Lipinski definition) is 3. The molecule has 0 saturated heterocycles. The van der Waals surface area contributed by atoms with Gasteiger partial charge in [0.1, 0.15) is 0 Å². The smallest absolute Gasteiger partial charge is 0.261 e. The summed E-state index contributed by atoms with van der Waals surface area (Å²) in [6.45, 7) is 2.77. The highest BCUT2D eigenvalue weighted by Crippen LogP contribution is 2.10. The first kappa shape index (κ1) is 11.4. The number of rotatable bonds is 4. The third-order valence-corrected chi connectivity index (χ3v) is 3.50. The Kier molecular flexibility index (Phi) is 4.13. The van der Waals surface area contributed by atoms with E-state index in [1.165, 1.54) is 16.9 Å². The fourth-order valence-electron chi connectivity index (χ4n) is 1.73. The molecule has 16 heavy (non-hydrogen) atoms. The van der Waals surface area contributed by atoms with Gasteiger partial charge in [0.05, 0.1) is 4.88 Å². The number of carbonyl (C=O) groups is 1. The van der Waals surface area contributed by atoms with Gasteiger partial charge in [-0.25, -0.2) is 0 Å². The van der Waals surface area contributed by atoms with Gasteiger partial charge in [0, 0.05) is 13.1 Å². The third-order valence-electron chi connectivity index (χ3n) is 2.63. The number of nitrogens with one attached hydrogen (secondary N) is 2. The van der Waals surface area contributed by atoms with Gasteiger partial charge in [-0.2, -0.15) is 0 Å². The van der Waals surface area contributed by atoms with Gasteiger partial charge in [-0.1, -0.05) is 17.7 Å². The van der Waals surface area contributed by atoms with E-state index in [2.05, 4.69) is 16.7 Å². The molecule has 4 heteroatoms. The zero-order chi connectivity index (χ0) is 11.2. The predicted molar refractivity (Wildman–Crippen MR) is 66.8 cm³/mol. The van der Waals surface area contributed by atoms with Crippen LogP contribution in [0.25, 0.3) is 0 Å². The second-order valence-corrected chi connectivity index (χ2v) is 4.75. The Morgan fingerprint density at radius 3 is 3.19 bits per heavy atom. The topological polar surface area (TPSA) is 41.1 Å². The molecule has 0 saturated carbocycles. The molecule has 3 nitrogen and oxygen atoms in total. The Morgan fingerprint density at radius 2 is 2.50 bits per heavy atom. The van der Waals surface area contributed by atoms with Crippen LogP contribution < -0.4 is 10.6 Å². The molecule has 86 valence electrons. The Hall–Kier alpha value is -1.13. The fraction of sp³-hybridized carbons (Fsp3) is 0.417. The van der Waals surface area contributed by atoms with Crippen molar-refractivity contribution < 1.29 is 4.79 Å². The minimum absolute atomic E-state index is 0.0459. The van der Waals surface area contributed by atoms with Crippen LogP contribution in [0, 0.1) is 0 Å². The lowest BCUT2D eigenvalue weighted by Crippen LogP contribution is -2.26. The summed E-state index contributed by atoms with van der Waals surface area (Å²) in [7, 11) is 0. The van der Waals surface area contributed by atoms with Crippen molar-refractivity contribution in [2.45, 2.75) is 12.8 Å². The lowest BCUT2D eigenvalue weighted by atomic mass is 10.1. The molecule has 1 aromatic heterocycles. The molecule has 1 aliphatic heterocycles. The van der Waals surface area contributed by atoms with E-state index in [1.807, 2.05) is 17.5 Å². The minimum atomic E-state index is 0.0459. The molecule has 0 radical (unpaired) electrons. The van der Waals surface area contributed by atoms with E-state index in [1.54, 1.807) is 0 Å². The van der Waals surface area contributed by atoms with Gasteiger partial charge in [0.2, 0.25) is 0 Å². The highest BCUT2D eigenvalue weighted by molar-refractivity contribution is 7.12. The van der Waals surface area contributed by atoms with Crippen molar-refractivity contribution >= 4 is 17.2 Å². The average molecular weight is 236 g/mol. The molecular weight excluding hydrogens is 220 g/mol. The molecule has 1 amide bonds. The Labute approximate surface area is 99.6 Å². The SMILES string of the molecule is O=C(NCCC1=CCNCC1)c1cccs1. The van der Waals surface area contributed by atoms with Crippen molar-refractivity contribution in [1.82, 2.24) is 10.6 Å². The van der Waals surface area contributed by atoms with Crippen LogP contribution in [-0.2, 0) is 0 Å². The largest absolute Gasteiger partial charge is 0.351 e. The second-order valence-electron chi connectivity index (χ2n) is 3.80. The van der Waals surface area contributed by atoms with Gasteiger partial charge in [-0.05, 0) is 30.8 Å². The molecule has 0 fully saturated rings. The van der Waals surface area contributed by atoms with Gasteiger partial charge in [0.15, 0.2) is 0 Å². The van der Waals surface area contributed by atoms with E-state index in [0.717, 1.165) is 37.4 Å². The summed E-state index contributed by atoms with van der Waals surface area (Å²) in [5, 5.41) is 8.14. The molecule has 0 unspecified atom stereocenters. The summed E-state index contributed by atoms with van der Waals surface area (Å²) in [6.07, 6.45) is 4.30. The summed E-state index contributed by atoms with van der Waals surface area (Å²) in [6, 6.07) is 3.75. The van der Waals surface area contributed by atoms with Gasteiger partial charge >= 0.3 is 0 Å². The zero-order valence-corrected chi connectivity index (χ0v) is 9.98. The first-order valence-corrected chi connectivity index (χ1v) is 6.44. The van der Waals surface area contributed by atoms with E-state index in [9.17, 15) is 4.79 Å². The van der Waals surface area contributed by atoms with Gasteiger partial charge in [0.25, 0.3) is 5.91 Å². The molecule has 0 bridgehead atoms. The standard InChI is InChI=1S/C12H16N2OS/c15-12(11-2-1-9-16-11)14-8-5-10-3-6-13-7-4-10/h1-3,9,13H,4-8H2,(H,14,15). The molecule has 0 aliphatic carbocycles. The zero-order valence-electron chi connectivity index (χ0n) is 9.16. The minimum Gasteiger partial charge on any atom is -0.351 e. The first-order valence-electron chi connectivity index (χ1n) is 5.56. The summed E-state index contributed by atoms with van der Waals surface area (Å²) in [5.41, 5.74) is 1.45. The van der Waals surface area contributed by atoms with Gasteiger partial charge in [-0.15, -0.1) is 11.3 Å². The van der Waals surface area contributed by atoms with Crippen molar-refractivity contribution in [1.29, 1.82) is 0 Å². The normalized spacial score (nSPS) is 15.6. The van der Waals surface area contributed by atoms with Crippen molar-refractivity contribution in [2.24, 2.45) is 0 Å². The Bertz CT molecular complexity index is 370. The Balaban J connectivity index is 1.72. The van der Waals surface area contributed by atoms with Crippen LogP contribution in [0.3, 0.4) is 0 Å². The maximum Gasteiger partial charge on any atom is 0.261 e. The molecule has 1 aliphatic rings. The predicted octanol–water partition coefficient (Wildman–Crippen LogP) is 1.79. The molecule has 2 heterocycles. The van der Waals surface area contributed by atoms with E-state index in [0.29, 0.717) is 0 Å². The molecule has 0 spiro atoms. The molecule has 2 rings (SSSR count). The molecule has 0 aromatic carbocycles. The maximum absolute atomic E-state index is 11.6. The van der Waals surface area contributed by atoms with Crippen LogP contribution in [0.15, 0.2) is 29.2 Å². The first-order chi connectivity index (χ1) is 7.86. The second kappa shape index (κ2) is 5.82. The summed E-state index contributed by atoms with van der Waals surface area (Å²) in [4.78, 5) is 12.4. The van der Waals surface area contributed by atoms with Gasteiger partial charge in [-0.3, -0.25) is 4.79 Å². The lowest BCUT2D eigenvalue weighted by Gasteiger charge is -2.13. The monoisotopic (exact) mass is 236 g/mol. The van der Waals surface area contributed by atoms with Crippen molar-refractivity contribution in [3.05, 3.63) is 34.0 Å². The number of thiophene rings is 1. The van der Waals surface area contributed by atoms with Crippen LogP contribution in [0.1, 0.15) is 22.5 Å².